The van der Waals surface area contributed by atoms with Crippen LogP contribution in [0.1, 0.15) is 64.0 Å². The Hall–Kier alpha value is -2.84. The molecule has 2 aliphatic rings. The lowest BCUT2D eigenvalue weighted by Gasteiger charge is -2.54. The molecule has 212 valence electrons. The zero-order valence-corrected chi connectivity index (χ0v) is 22.9. The number of rotatable bonds is 7. The summed E-state index contributed by atoms with van der Waals surface area (Å²) in [6.07, 6.45) is -2.88. The van der Waals surface area contributed by atoms with Gasteiger partial charge in [0.1, 0.15) is 0 Å². The predicted molar refractivity (Wildman–Crippen MR) is 143 cm³/mol. The molecule has 0 bridgehead atoms. The lowest BCUT2D eigenvalue weighted by Crippen LogP contribution is -2.57. The molecule has 0 amide bonds. The monoisotopic (exact) mass is 573 g/mol. The van der Waals surface area contributed by atoms with Crippen LogP contribution in [0.2, 0.25) is 0 Å². The van der Waals surface area contributed by atoms with E-state index in [0.717, 1.165) is 27.9 Å². The van der Waals surface area contributed by atoms with Crippen molar-refractivity contribution in [2.45, 2.75) is 69.1 Å². The average Bonchev–Trinajstić information content (AvgIpc) is 2.89. The molecule has 2 aromatic carbocycles. The molecule has 0 unspecified atom stereocenters. The molecule has 10 heteroatoms. The van der Waals surface area contributed by atoms with Crippen molar-refractivity contribution in [2.24, 2.45) is 5.92 Å². The molecule has 0 radical (unpaired) electrons. The van der Waals surface area contributed by atoms with E-state index in [4.69, 9.17) is 0 Å². The first-order valence-electron chi connectivity index (χ1n) is 13.3. The van der Waals surface area contributed by atoms with Crippen LogP contribution in [0, 0.1) is 12.8 Å². The fraction of sp³-hybridized carbons (Fsp3) is 0.400. The first-order valence-corrected chi connectivity index (χ1v) is 14.8. The number of aryl methyl sites for hydroxylation is 2. The Kier molecular flexibility index (Phi) is 7.55. The number of fused-ring (bicyclic) bond motifs is 3. The molecule has 2 N–H and O–H groups in total. The highest BCUT2D eigenvalue weighted by Crippen LogP contribution is 2.61. The number of carbonyl (C=O) groups excluding carboxylic acids is 1. The molecule has 40 heavy (non-hydrogen) atoms. The van der Waals surface area contributed by atoms with Crippen molar-refractivity contribution in [1.29, 1.82) is 0 Å². The van der Waals surface area contributed by atoms with Gasteiger partial charge in [-0.2, -0.15) is 13.2 Å². The van der Waals surface area contributed by atoms with Gasteiger partial charge in [0.15, 0.2) is 11.4 Å². The largest absolute Gasteiger partial charge is 0.470 e. The number of alkyl halides is 3. The van der Waals surface area contributed by atoms with Gasteiger partial charge in [0.2, 0.25) is 0 Å². The smallest absolute Gasteiger partial charge is 0.303 e. The number of aromatic nitrogens is 1. The molecule has 3 aromatic rings. The fourth-order valence-corrected chi connectivity index (χ4v) is 7.46. The maximum atomic E-state index is 14.4. The van der Waals surface area contributed by atoms with Crippen LogP contribution < -0.4 is 0 Å². The third-order valence-electron chi connectivity index (χ3n) is 8.70. The molecular weight excluding hydrogens is 542 g/mol. The lowest BCUT2D eigenvalue weighted by molar-refractivity contribution is -0.272. The Morgan fingerprint density at radius 1 is 1.10 bits per heavy atom. The van der Waals surface area contributed by atoms with Crippen LogP contribution in [0.25, 0.3) is 0 Å². The Morgan fingerprint density at radius 3 is 2.52 bits per heavy atom. The summed E-state index contributed by atoms with van der Waals surface area (Å²) in [6.45, 7) is 1.85. The van der Waals surface area contributed by atoms with Crippen LogP contribution >= 0.6 is 7.82 Å². The van der Waals surface area contributed by atoms with Gasteiger partial charge >= 0.3 is 14.0 Å². The number of pyridine rings is 1. The highest BCUT2D eigenvalue weighted by molar-refractivity contribution is 7.46. The van der Waals surface area contributed by atoms with E-state index in [0.29, 0.717) is 24.8 Å². The van der Waals surface area contributed by atoms with Crippen LogP contribution in [0.5, 0.6) is 0 Å². The first-order chi connectivity index (χ1) is 18.8. The number of phosphoric ester groups is 1. The molecular formula is C30H31F3NO5P. The second-order valence-electron chi connectivity index (χ2n) is 11.1. The normalized spacial score (nSPS) is 24.7. The molecule has 2 aliphatic carbocycles. The third-order valence-corrected chi connectivity index (χ3v) is 9.29. The van der Waals surface area contributed by atoms with E-state index in [9.17, 15) is 32.3 Å². The molecule has 3 atom stereocenters. The Balaban J connectivity index is 1.53. The van der Waals surface area contributed by atoms with Gasteiger partial charge in [0.25, 0.3) is 0 Å². The highest BCUT2D eigenvalue weighted by atomic mass is 31.2. The van der Waals surface area contributed by atoms with E-state index in [1.807, 2.05) is 55.5 Å². The molecule has 5 rings (SSSR count). The minimum atomic E-state index is -5.41. The Morgan fingerprint density at radius 2 is 1.85 bits per heavy atom. The van der Waals surface area contributed by atoms with Gasteiger partial charge in [0.05, 0.1) is 0 Å². The second kappa shape index (κ2) is 10.5. The van der Waals surface area contributed by atoms with Crippen molar-refractivity contribution in [1.82, 2.24) is 4.98 Å². The summed E-state index contributed by atoms with van der Waals surface area (Å²) in [5.41, 5.74) is 1.32. The van der Waals surface area contributed by atoms with Crippen molar-refractivity contribution >= 4 is 13.6 Å². The Labute approximate surface area is 230 Å². The summed E-state index contributed by atoms with van der Waals surface area (Å²) in [5.74, 6) is -0.602. The maximum Gasteiger partial charge on any atom is 0.470 e. The van der Waals surface area contributed by atoms with Crippen LogP contribution in [0.3, 0.4) is 0 Å². The summed E-state index contributed by atoms with van der Waals surface area (Å²) in [4.78, 5) is 36.3. The zero-order valence-electron chi connectivity index (χ0n) is 22.0. The van der Waals surface area contributed by atoms with Gasteiger partial charge in [-0.05, 0) is 85.8 Å². The molecule has 0 saturated heterocycles. The lowest BCUT2D eigenvalue weighted by atomic mass is 9.52. The number of ketones is 1. The summed E-state index contributed by atoms with van der Waals surface area (Å²) >= 11 is 0. The fourth-order valence-electron chi connectivity index (χ4n) is 6.73. The van der Waals surface area contributed by atoms with Gasteiger partial charge in [-0.25, -0.2) is 4.57 Å². The van der Waals surface area contributed by atoms with Crippen molar-refractivity contribution in [3.63, 3.8) is 0 Å². The van der Waals surface area contributed by atoms with Crippen molar-refractivity contribution < 1.29 is 36.8 Å². The molecule has 6 nitrogen and oxygen atoms in total. The third kappa shape index (κ3) is 5.53. The van der Waals surface area contributed by atoms with Crippen molar-refractivity contribution in [3.05, 3.63) is 100 Å². The maximum absolute atomic E-state index is 14.4. The van der Waals surface area contributed by atoms with Gasteiger partial charge < -0.3 is 9.79 Å². The SMILES string of the molecule is Cc1ncccc1CC(=O)c1ccc2c(c1)CC[C@@H]1C[C@@](OP(=O)(O)O)(C(F)(F)F)CC[C@@]21Cc1ccccc1. The number of benzene rings is 2. The zero-order chi connectivity index (χ0) is 28.8. The van der Waals surface area contributed by atoms with Crippen molar-refractivity contribution in [2.75, 3.05) is 0 Å². The number of Topliss-reactive ketones (excluding diaryl/α,β-unsaturated/α-hetero) is 1. The topological polar surface area (TPSA) is 96.7 Å². The standard InChI is InChI=1S/C30H31F3NO5P/c1-20-22(8-5-15-34-20)17-27(35)24-10-12-26-23(16-24)9-11-25-19-29(30(31,32)33,39-40(36,37)38)14-13-28(25,26)18-21-6-3-2-4-7-21/h2-8,10,12,15-16,25H,9,11,13-14,17-19H2,1H3,(H2,36,37,38)/t25-,28+,29-/m1/s1. The van der Waals surface area contributed by atoms with Gasteiger partial charge in [-0.3, -0.25) is 14.3 Å². The van der Waals surface area contributed by atoms with E-state index < -0.39 is 43.8 Å². The minimum absolute atomic E-state index is 0.0290. The first kappa shape index (κ1) is 28.7. The van der Waals surface area contributed by atoms with Crippen LogP contribution in [-0.4, -0.2) is 32.3 Å². The van der Waals surface area contributed by atoms with Gasteiger partial charge in [0, 0.05) is 29.3 Å². The molecule has 0 aliphatic heterocycles. The summed E-state index contributed by atoms with van der Waals surface area (Å²) in [5, 5.41) is 0. The number of hydrogen-bond acceptors (Lipinski definition) is 4. The van der Waals surface area contributed by atoms with Crippen molar-refractivity contribution in [3.8, 4) is 0 Å². The molecule has 0 spiro atoms. The number of phosphoric acid groups is 1. The Bertz CT molecular complexity index is 1460. The summed E-state index contributed by atoms with van der Waals surface area (Å²) in [6, 6.07) is 18.7. The molecule has 1 saturated carbocycles. The number of nitrogens with zero attached hydrogens (tertiary/aromatic N) is 1. The second-order valence-corrected chi connectivity index (χ2v) is 12.2. The van der Waals surface area contributed by atoms with Crippen LogP contribution in [0.15, 0.2) is 66.9 Å². The van der Waals surface area contributed by atoms with Crippen LogP contribution in [-0.2, 0) is 33.8 Å². The number of halogens is 3. The van der Waals surface area contributed by atoms with E-state index in [1.165, 1.54) is 0 Å². The minimum Gasteiger partial charge on any atom is -0.303 e. The highest BCUT2D eigenvalue weighted by Gasteiger charge is 2.65. The quantitative estimate of drug-likeness (QED) is 0.249. The van der Waals surface area contributed by atoms with Crippen LogP contribution in [0.4, 0.5) is 13.2 Å². The van der Waals surface area contributed by atoms with E-state index in [-0.39, 0.29) is 18.6 Å². The van der Waals surface area contributed by atoms with E-state index >= 15 is 0 Å². The van der Waals surface area contributed by atoms with E-state index in [2.05, 4.69) is 9.51 Å². The average molecular weight is 574 g/mol. The van der Waals surface area contributed by atoms with Gasteiger partial charge in [-0.1, -0.05) is 48.5 Å². The molecule has 1 aromatic heterocycles. The van der Waals surface area contributed by atoms with Gasteiger partial charge in [-0.15, -0.1) is 0 Å². The summed E-state index contributed by atoms with van der Waals surface area (Å²) in [7, 11) is -5.41. The molecule has 1 fully saturated rings. The van der Waals surface area contributed by atoms with E-state index in [1.54, 1.807) is 18.3 Å². The summed E-state index contributed by atoms with van der Waals surface area (Å²) < 4.78 is 59.4. The predicted octanol–water partition coefficient (Wildman–Crippen LogP) is 6.45. The number of hydrogen-bond donors (Lipinski definition) is 2. The molecule has 1 heterocycles. The number of carbonyl (C=O) groups is 1.